The van der Waals surface area contributed by atoms with Crippen LogP contribution in [-0.4, -0.2) is 79.4 Å². The van der Waals surface area contributed by atoms with E-state index in [0.29, 0.717) is 42.9 Å². The van der Waals surface area contributed by atoms with Crippen LogP contribution in [-0.2, 0) is 19.5 Å². The number of rotatable bonds is 4. The second kappa shape index (κ2) is 8.22. The van der Waals surface area contributed by atoms with Gasteiger partial charge in [-0.2, -0.15) is 4.31 Å². The van der Waals surface area contributed by atoms with Crippen LogP contribution in [0.2, 0.25) is 0 Å². The smallest absolute Gasteiger partial charge is 0.211 e. The van der Waals surface area contributed by atoms with Crippen molar-refractivity contribution in [3.63, 3.8) is 0 Å². The van der Waals surface area contributed by atoms with Crippen molar-refractivity contribution in [2.45, 2.75) is 116 Å². The fourth-order valence-corrected chi connectivity index (χ4v) is 13.8. The van der Waals surface area contributed by atoms with Gasteiger partial charge in [-0.25, -0.2) is 8.42 Å². The molecule has 2 spiro atoms. The summed E-state index contributed by atoms with van der Waals surface area (Å²) in [6, 6.07) is -0.109. The summed E-state index contributed by atoms with van der Waals surface area (Å²) < 4.78 is 39.0. The number of hydrogen-bond donors (Lipinski definition) is 2. The highest BCUT2D eigenvalue weighted by Gasteiger charge is 2.84. The van der Waals surface area contributed by atoms with Crippen LogP contribution in [0.25, 0.3) is 0 Å². The molecule has 2 aliphatic heterocycles. The fraction of sp³-hybridized carbons (Fsp3) is 1.00. The molecule has 7 aliphatic rings. The van der Waals surface area contributed by atoms with Gasteiger partial charge in [0.05, 0.1) is 49.9 Å². The normalized spacial score (nSPS) is 56.0. The predicted octanol–water partition coefficient (Wildman–Crippen LogP) is 3.82. The molecule has 2 heterocycles. The molecule has 0 bridgehead atoms. The highest BCUT2D eigenvalue weighted by Crippen LogP contribution is 2.89. The minimum atomic E-state index is -3.37. The van der Waals surface area contributed by atoms with E-state index in [1.807, 2.05) is 0 Å². The zero-order valence-electron chi connectivity index (χ0n) is 24.9. The average molecular weight is 566 g/mol. The molecular formula is C31H51NO6S. The summed E-state index contributed by atoms with van der Waals surface area (Å²) in [5, 5.41) is 23.3. The summed E-state index contributed by atoms with van der Waals surface area (Å²) in [5.74, 6) is 1.68. The first-order valence-electron chi connectivity index (χ1n) is 15.7. The Kier molecular flexibility index (Phi) is 5.81. The Morgan fingerprint density at radius 2 is 1.62 bits per heavy atom. The van der Waals surface area contributed by atoms with E-state index in [0.717, 1.165) is 38.5 Å². The first-order chi connectivity index (χ1) is 18.1. The van der Waals surface area contributed by atoms with Gasteiger partial charge in [0, 0.05) is 12.0 Å². The van der Waals surface area contributed by atoms with Gasteiger partial charge in [-0.05, 0) is 96.7 Å². The number of sulfonamides is 1. The van der Waals surface area contributed by atoms with Crippen molar-refractivity contribution in [1.82, 2.24) is 4.31 Å². The van der Waals surface area contributed by atoms with Crippen LogP contribution in [0.3, 0.4) is 0 Å². The molecule has 0 aromatic carbocycles. The highest BCUT2D eigenvalue weighted by atomic mass is 32.2. The maximum atomic E-state index is 12.6. The summed E-state index contributed by atoms with van der Waals surface area (Å²) in [5.41, 5.74) is 0.341. The van der Waals surface area contributed by atoms with Crippen LogP contribution in [0.1, 0.15) is 86.0 Å². The molecule has 0 aromatic heterocycles. The highest BCUT2D eigenvalue weighted by molar-refractivity contribution is 7.88. The topological polar surface area (TPSA) is 96.3 Å². The minimum Gasteiger partial charge on any atom is -0.393 e. The van der Waals surface area contributed by atoms with Crippen molar-refractivity contribution in [3.8, 4) is 0 Å². The number of aliphatic hydroxyl groups is 2. The van der Waals surface area contributed by atoms with Crippen molar-refractivity contribution >= 4 is 10.0 Å². The monoisotopic (exact) mass is 565 g/mol. The summed E-state index contributed by atoms with van der Waals surface area (Å²) in [6.45, 7) is 13.0. The van der Waals surface area contributed by atoms with Crippen molar-refractivity contribution in [3.05, 3.63) is 0 Å². The molecule has 12 atom stereocenters. The van der Waals surface area contributed by atoms with E-state index in [1.165, 1.54) is 19.1 Å². The van der Waals surface area contributed by atoms with E-state index in [1.54, 1.807) is 4.31 Å². The zero-order chi connectivity index (χ0) is 28.0. The Morgan fingerprint density at radius 3 is 2.26 bits per heavy atom. The van der Waals surface area contributed by atoms with Gasteiger partial charge in [0.25, 0.3) is 0 Å². The van der Waals surface area contributed by atoms with Crippen LogP contribution >= 0.6 is 0 Å². The third-order valence-electron chi connectivity index (χ3n) is 14.7. The van der Waals surface area contributed by atoms with E-state index >= 15 is 0 Å². The second-order valence-electron chi connectivity index (χ2n) is 16.2. The third-order valence-corrected chi connectivity index (χ3v) is 16.0. The Hall–Kier alpha value is -0.250. The van der Waals surface area contributed by atoms with Gasteiger partial charge in [0.2, 0.25) is 10.0 Å². The number of ether oxygens (including phenoxy) is 2. The third kappa shape index (κ3) is 3.25. The van der Waals surface area contributed by atoms with Gasteiger partial charge in [-0.1, -0.05) is 34.6 Å². The number of fused-ring (bicyclic) bond motifs is 4. The van der Waals surface area contributed by atoms with Crippen LogP contribution in [0.5, 0.6) is 0 Å². The maximum Gasteiger partial charge on any atom is 0.211 e. The van der Waals surface area contributed by atoms with E-state index in [-0.39, 0.29) is 51.9 Å². The lowest BCUT2D eigenvalue weighted by molar-refractivity contribution is -0.182. The molecule has 7 nitrogen and oxygen atoms in total. The van der Waals surface area contributed by atoms with Crippen LogP contribution < -0.4 is 0 Å². The quantitative estimate of drug-likeness (QED) is 0.538. The summed E-state index contributed by atoms with van der Waals surface area (Å²) in [4.78, 5) is 0. The molecule has 12 unspecified atom stereocenters. The molecule has 0 radical (unpaired) electrons. The Labute approximate surface area is 235 Å². The zero-order valence-corrected chi connectivity index (χ0v) is 25.7. The molecule has 0 amide bonds. The lowest BCUT2D eigenvalue weighted by Crippen LogP contribution is -2.59. The first kappa shape index (κ1) is 27.6. The fourth-order valence-electron chi connectivity index (χ4n) is 12.7. The molecule has 8 heteroatoms. The van der Waals surface area contributed by atoms with E-state index in [2.05, 4.69) is 34.6 Å². The lowest BCUT2D eigenvalue weighted by atomic mass is 9.41. The molecule has 2 saturated heterocycles. The standard InChI is InChI=1S/C31H51NO6S/c1-18-13-20(14-32(39(6,35)36)19-15-37-16-19)38-25-24(18)28(4)11-12-31-17-30(31)10-9-23(33)27(2,3)21(30)7-8-22(31)29(28,5)26(25)34/h18-26,33-34H,7-17H2,1-6H3. The molecule has 5 aliphatic carbocycles. The summed E-state index contributed by atoms with van der Waals surface area (Å²) >= 11 is 0. The van der Waals surface area contributed by atoms with Crippen molar-refractivity contribution in [2.24, 2.45) is 50.7 Å². The predicted molar refractivity (Wildman–Crippen MR) is 148 cm³/mol. The van der Waals surface area contributed by atoms with Crippen LogP contribution in [0.4, 0.5) is 0 Å². The number of aliphatic hydroxyl groups excluding tert-OH is 2. The average Bonchev–Trinajstić information content (AvgIpc) is 3.45. The molecule has 39 heavy (non-hydrogen) atoms. The molecule has 222 valence electrons. The molecule has 2 N–H and O–H groups in total. The van der Waals surface area contributed by atoms with Gasteiger partial charge in [0.1, 0.15) is 0 Å². The summed E-state index contributed by atoms with van der Waals surface area (Å²) in [6.07, 6.45) is 8.85. The van der Waals surface area contributed by atoms with E-state index in [9.17, 15) is 18.6 Å². The van der Waals surface area contributed by atoms with Crippen LogP contribution in [0.15, 0.2) is 0 Å². The van der Waals surface area contributed by atoms with Gasteiger partial charge in [-0.3, -0.25) is 0 Å². The molecular weight excluding hydrogens is 514 g/mol. The molecule has 5 saturated carbocycles. The summed E-state index contributed by atoms with van der Waals surface area (Å²) in [7, 11) is -3.37. The number of hydrogen-bond acceptors (Lipinski definition) is 6. The van der Waals surface area contributed by atoms with E-state index in [4.69, 9.17) is 9.47 Å². The Morgan fingerprint density at radius 1 is 0.949 bits per heavy atom. The van der Waals surface area contributed by atoms with Crippen LogP contribution in [0, 0.1) is 50.7 Å². The number of nitrogens with zero attached hydrogens (tertiary/aromatic N) is 1. The Balaban J connectivity index is 1.19. The maximum absolute atomic E-state index is 12.6. The lowest BCUT2D eigenvalue weighted by Gasteiger charge is -2.63. The second-order valence-corrected chi connectivity index (χ2v) is 18.1. The van der Waals surface area contributed by atoms with Gasteiger partial charge in [0.15, 0.2) is 0 Å². The minimum absolute atomic E-state index is 0.00393. The van der Waals surface area contributed by atoms with Crippen molar-refractivity contribution in [2.75, 3.05) is 26.0 Å². The largest absolute Gasteiger partial charge is 0.393 e. The Bertz CT molecular complexity index is 1140. The van der Waals surface area contributed by atoms with Crippen molar-refractivity contribution < 1.29 is 28.1 Å². The molecule has 0 aromatic rings. The van der Waals surface area contributed by atoms with Gasteiger partial charge >= 0.3 is 0 Å². The molecule has 7 rings (SSSR count). The van der Waals surface area contributed by atoms with Gasteiger partial charge < -0.3 is 19.7 Å². The van der Waals surface area contributed by atoms with E-state index < -0.39 is 16.1 Å². The van der Waals surface area contributed by atoms with Gasteiger partial charge in [-0.15, -0.1) is 0 Å². The SMILES string of the molecule is CC1CC(CN(C2COC2)S(C)(=O)=O)OC2C1C1(C)CCC34CC35CCC(O)C(C)(C)C5CCC4C1(C)C2O. The van der Waals surface area contributed by atoms with Crippen molar-refractivity contribution in [1.29, 1.82) is 0 Å². The first-order valence-corrected chi connectivity index (χ1v) is 17.5. The molecule has 7 fully saturated rings.